The Balaban J connectivity index is 2.10. The summed E-state index contributed by atoms with van der Waals surface area (Å²) in [5, 5.41) is 0. The van der Waals surface area contributed by atoms with Gasteiger partial charge in [-0.15, -0.1) is 0 Å². The fourth-order valence-corrected chi connectivity index (χ4v) is 2.07. The molecule has 0 spiro atoms. The molecule has 5 heteroatoms. The van der Waals surface area contributed by atoms with Crippen molar-refractivity contribution in [3.8, 4) is 0 Å². The Morgan fingerprint density at radius 1 is 1.25 bits per heavy atom. The highest BCUT2D eigenvalue weighted by molar-refractivity contribution is 9.11. The maximum absolute atomic E-state index is 5.96. The average Bonchev–Trinajstić information content (AvgIpc) is 2.36. The maximum Gasteiger partial charge on any atom is 0.594 e. The molecule has 0 saturated carbocycles. The first-order chi connectivity index (χ1) is 7.32. The van der Waals surface area contributed by atoms with Crippen molar-refractivity contribution < 1.29 is 9.31 Å². The molecule has 0 amide bonds. The van der Waals surface area contributed by atoms with Gasteiger partial charge in [-0.2, -0.15) is 0 Å². The van der Waals surface area contributed by atoms with Crippen LogP contribution in [-0.2, 0) is 9.31 Å². The van der Waals surface area contributed by atoms with Crippen molar-refractivity contribution >= 4 is 23.2 Å². The summed E-state index contributed by atoms with van der Waals surface area (Å²) >= 11 is 3.49. The molecule has 2 aliphatic rings. The van der Waals surface area contributed by atoms with Gasteiger partial charge in [-0.05, 0) is 46.0 Å². The molecule has 0 aromatic rings. The molecule has 1 saturated heterocycles. The highest BCUT2D eigenvalue weighted by atomic mass is 79.9. The zero-order valence-corrected chi connectivity index (χ0v) is 11.7. The van der Waals surface area contributed by atoms with Gasteiger partial charge < -0.3 is 14.1 Å². The molecular weight excluding hydrogens is 269 g/mol. The quantitative estimate of drug-likeness (QED) is 0.692. The zero-order chi connectivity index (χ0) is 12.0. The summed E-state index contributed by atoms with van der Waals surface area (Å²) < 4.78 is 13.0. The monoisotopic (exact) mass is 285 g/mol. The lowest BCUT2D eigenvalue weighted by Crippen LogP contribution is -2.41. The van der Waals surface area contributed by atoms with E-state index < -0.39 is 0 Å². The predicted molar refractivity (Wildman–Crippen MR) is 68.9 cm³/mol. The molecule has 0 aliphatic carbocycles. The summed E-state index contributed by atoms with van der Waals surface area (Å²) in [5.74, 6) is 0. The largest absolute Gasteiger partial charge is 0.594 e. The summed E-state index contributed by atoms with van der Waals surface area (Å²) in [4.78, 5) is 2.04. The van der Waals surface area contributed by atoms with Crippen LogP contribution in [0.25, 0.3) is 0 Å². The van der Waals surface area contributed by atoms with Gasteiger partial charge in [0.15, 0.2) is 0 Å². The third-order valence-corrected chi connectivity index (χ3v) is 3.91. The summed E-state index contributed by atoms with van der Waals surface area (Å²) in [6.07, 6.45) is 6.01. The molecule has 3 nitrogen and oxygen atoms in total. The first-order valence-corrected chi connectivity index (χ1v) is 6.25. The molecule has 16 heavy (non-hydrogen) atoms. The van der Waals surface area contributed by atoms with E-state index in [1.807, 2.05) is 23.2 Å². The summed E-state index contributed by atoms with van der Waals surface area (Å²) in [7, 11) is -0.303. The first kappa shape index (κ1) is 12.2. The second kappa shape index (κ2) is 3.89. The van der Waals surface area contributed by atoms with Crippen molar-refractivity contribution in [2.75, 3.05) is 6.54 Å². The minimum absolute atomic E-state index is 0.279. The van der Waals surface area contributed by atoms with Gasteiger partial charge in [0.2, 0.25) is 0 Å². The topological polar surface area (TPSA) is 21.7 Å². The lowest BCUT2D eigenvalue weighted by molar-refractivity contribution is 0.00578. The number of rotatable bonds is 1. The van der Waals surface area contributed by atoms with E-state index >= 15 is 0 Å². The number of hydrogen-bond acceptors (Lipinski definition) is 3. The van der Waals surface area contributed by atoms with E-state index in [0.29, 0.717) is 0 Å². The van der Waals surface area contributed by atoms with Crippen molar-refractivity contribution in [2.45, 2.75) is 38.9 Å². The molecule has 0 aromatic carbocycles. The van der Waals surface area contributed by atoms with Crippen LogP contribution in [0.15, 0.2) is 22.8 Å². The van der Waals surface area contributed by atoms with Crippen LogP contribution in [0.3, 0.4) is 0 Å². The van der Waals surface area contributed by atoms with Gasteiger partial charge in [-0.3, -0.25) is 0 Å². The van der Waals surface area contributed by atoms with Crippen molar-refractivity contribution in [3.63, 3.8) is 0 Å². The molecule has 2 rings (SSSR count). The van der Waals surface area contributed by atoms with E-state index in [-0.39, 0.29) is 18.5 Å². The fourth-order valence-electron chi connectivity index (χ4n) is 1.63. The maximum atomic E-state index is 5.96. The van der Waals surface area contributed by atoms with Gasteiger partial charge in [0, 0.05) is 11.0 Å². The summed E-state index contributed by atoms with van der Waals surface area (Å²) in [6.45, 7) is 9.03. The smallest absolute Gasteiger partial charge is 0.384 e. The van der Waals surface area contributed by atoms with Crippen LogP contribution in [0.2, 0.25) is 0 Å². The van der Waals surface area contributed by atoms with Gasteiger partial charge in [-0.25, -0.2) is 0 Å². The number of hydrogen-bond donors (Lipinski definition) is 0. The highest BCUT2D eigenvalue weighted by Gasteiger charge is 2.53. The third-order valence-electron chi connectivity index (χ3n) is 3.40. The Kier molecular flexibility index (Phi) is 2.97. The van der Waals surface area contributed by atoms with Gasteiger partial charge in [-0.1, -0.05) is 15.9 Å². The van der Waals surface area contributed by atoms with Gasteiger partial charge >= 0.3 is 7.25 Å². The molecule has 2 heterocycles. The normalized spacial score (nSPS) is 27.2. The average molecular weight is 286 g/mol. The Morgan fingerprint density at radius 3 is 2.31 bits per heavy atom. The van der Waals surface area contributed by atoms with E-state index in [4.69, 9.17) is 9.31 Å². The Labute approximate surface area is 106 Å². The van der Waals surface area contributed by atoms with Crippen molar-refractivity contribution in [1.82, 2.24) is 4.81 Å². The zero-order valence-electron chi connectivity index (χ0n) is 10.2. The van der Waals surface area contributed by atoms with E-state index in [1.165, 1.54) is 0 Å². The van der Waals surface area contributed by atoms with E-state index in [1.54, 1.807) is 0 Å². The van der Waals surface area contributed by atoms with Crippen LogP contribution in [0.1, 0.15) is 27.7 Å². The van der Waals surface area contributed by atoms with Gasteiger partial charge in [0.05, 0.1) is 11.2 Å². The molecule has 0 atom stereocenters. The van der Waals surface area contributed by atoms with Crippen LogP contribution in [0, 0.1) is 0 Å². The first-order valence-electron chi connectivity index (χ1n) is 5.46. The summed E-state index contributed by atoms with van der Waals surface area (Å²) in [5.41, 5.74) is -0.557. The molecule has 0 unspecified atom stereocenters. The molecular formula is C11H17BBrNO2. The van der Waals surface area contributed by atoms with Crippen LogP contribution < -0.4 is 0 Å². The highest BCUT2D eigenvalue weighted by Crippen LogP contribution is 2.38. The lowest BCUT2D eigenvalue weighted by Gasteiger charge is -2.32. The molecule has 2 aliphatic heterocycles. The summed E-state index contributed by atoms with van der Waals surface area (Å²) in [6, 6.07) is 0. The Bertz CT molecular complexity index is 336. The predicted octanol–water partition coefficient (Wildman–Crippen LogP) is 2.68. The lowest BCUT2D eigenvalue weighted by atomic mass is 9.90. The van der Waals surface area contributed by atoms with Gasteiger partial charge in [0.1, 0.15) is 0 Å². The minimum Gasteiger partial charge on any atom is -0.384 e. The van der Waals surface area contributed by atoms with E-state index in [9.17, 15) is 0 Å². The van der Waals surface area contributed by atoms with E-state index in [0.717, 1.165) is 11.0 Å². The second-order valence-electron chi connectivity index (χ2n) is 5.19. The molecule has 0 radical (unpaired) electrons. The van der Waals surface area contributed by atoms with Crippen molar-refractivity contribution in [1.29, 1.82) is 0 Å². The second-order valence-corrected chi connectivity index (χ2v) is 6.21. The van der Waals surface area contributed by atoms with Crippen LogP contribution in [0.4, 0.5) is 0 Å². The fraction of sp³-hybridized carbons (Fsp3) is 0.636. The van der Waals surface area contributed by atoms with Gasteiger partial charge in [0.25, 0.3) is 0 Å². The van der Waals surface area contributed by atoms with E-state index in [2.05, 4.69) is 43.6 Å². The van der Waals surface area contributed by atoms with Crippen LogP contribution in [-0.4, -0.2) is 29.8 Å². The SMILES string of the molecule is CC1(C)OB(N2C=CC=C(Br)C2)OC1(C)C. The van der Waals surface area contributed by atoms with Crippen molar-refractivity contribution in [2.24, 2.45) is 0 Å². The Hall–Kier alpha value is -0.255. The standard InChI is InChI=1S/C11H17BBrNO2/c1-10(2)11(3,4)16-12(15-10)14-7-5-6-9(13)8-14/h5-7H,8H2,1-4H3. The molecule has 88 valence electrons. The molecule has 0 N–H and O–H groups in total. The van der Waals surface area contributed by atoms with Crippen LogP contribution in [0.5, 0.6) is 0 Å². The molecule has 0 aromatic heterocycles. The van der Waals surface area contributed by atoms with Crippen molar-refractivity contribution in [3.05, 3.63) is 22.8 Å². The molecule has 1 fully saturated rings. The Morgan fingerprint density at radius 2 is 1.81 bits per heavy atom. The number of halogens is 1. The van der Waals surface area contributed by atoms with Crippen LogP contribution >= 0.6 is 15.9 Å². The minimum atomic E-state index is -0.303. The molecule has 0 bridgehead atoms. The third kappa shape index (κ3) is 2.08. The number of nitrogens with zero attached hydrogens (tertiary/aromatic N) is 1. The number of allylic oxidation sites excluding steroid dienone is 2.